The molecule has 0 atom stereocenters. The summed E-state index contributed by atoms with van der Waals surface area (Å²) >= 11 is 5.90. The zero-order chi connectivity index (χ0) is 16.1. The molecule has 0 saturated carbocycles. The van der Waals surface area contributed by atoms with Crippen molar-refractivity contribution >= 4 is 29.4 Å². The van der Waals surface area contributed by atoms with Crippen LogP contribution in [0.4, 0.5) is 5.69 Å². The number of benzene rings is 2. The van der Waals surface area contributed by atoms with Crippen molar-refractivity contribution in [3.63, 3.8) is 0 Å². The van der Waals surface area contributed by atoms with Gasteiger partial charge in [-0.3, -0.25) is 14.9 Å². The van der Waals surface area contributed by atoms with Crippen molar-refractivity contribution in [3.05, 3.63) is 68.7 Å². The van der Waals surface area contributed by atoms with E-state index in [1.54, 1.807) is 0 Å². The predicted molar refractivity (Wildman–Crippen MR) is 81.3 cm³/mol. The highest BCUT2D eigenvalue weighted by atomic mass is 35.5. The van der Waals surface area contributed by atoms with Gasteiger partial charge in [0.1, 0.15) is 5.75 Å². The fourth-order valence-corrected chi connectivity index (χ4v) is 1.75. The number of aromatic hydroxyl groups is 1. The average Bonchev–Trinajstić information content (AvgIpc) is 2.49. The highest BCUT2D eigenvalue weighted by Crippen LogP contribution is 2.20. The lowest BCUT2D eigenvalue weighted by atomic mass is 10.2. The van der Waals surface area contributed by atoms with E-state index in [0.29, 0.717) is 11.1 Å². The number of non-ortho nitro benzene ring substituents is 1. The molecule has 0 aliphatic rings. The first-order valence-electron chi connectivity index (χ1n) is 6.04. The molecule has 1 amide bonds. The largest absolute Gasteiger partial charge is 0.508 e. The highest BCUT2D eigenvalue weighted by molar-refractivity contribution is 6.33. The van der Waals surface area contributed by atoms with Gasteiger partial charge in [0, 0.05) is 28.3 Å². The number of hydrogen-bond donors (Lipinski definition) is 2. The molecule has 0 fully saturated rings. The smallest absolute Gasteiger partial charge is 0.271 e. The van der Waals surface area contributed by atoms with E-state index in [1.807, 2.05) is 0 Å². The van der Waals surface area contributed by atoms with E-state index >= 15 is 0 Å². The monoisotopic (exact) mass is 319 g/mol. The van der Waals surface area contributed by atoms with Crippen LogP contribution >= 0.6 is 11.6 Å². The second-order valence-corrected chi connectivity index (χ2v) is 4.62. The molecule has 2 aromatic carbocycles. The van der Waals surface area contributed by atoms with Crippen molar-refractivity contribution < 1.29 is 14.8 Å². The maximum Gasteiger partial charge on any atom is 0.271 e. The zero-order valence-electron chi connectivity index (χ0n) is 11.1. The Hall–Kier alpha value is -2.93. The van der Waals surface area contributed by atoms with E-state index in [1.165, 1.54) is 48.7 Å². The van der Waals surface area contributed by atoms with Gasteiger partial charge in [-0.25, -0.2) is 5.43 Å². The van der Waals surface area contributed by atoms with Gasteiger partial charge in [0.15, 0.2) is 0 Å². The molecule has 0 aromatic heterocycles. The topological polar surface area (TPSA) is 105 Å². The number of amides is 1. The van der Waals surface area contributed by atoms with Gasteiger partial charge in [-0.2, -0.15) is 5.10 Å². The number of phenols is 1. The first kappa shape index (κ1) is 15.5. The first-order chi connectivity index (χ1) is 10.5. The molecule has 2 N–H and O–H groups in total. The fourth-order valence-electron chi connectivity index (χ4n) is 1.58. The summed E-state index contributed by atoms with van der Waals surface area (Å²) in [5.74, 6) is -0.443. The van der Waals surface area contributed by atoms with Crippen LogP contribution < -0.4 is 5.43 Å². The maximum absolute atomic E-state index is 11.8. The van der Waals surface area contributed by atoms with Crippen LogP contribution in [0.25, 0.3) is 0 Å². The Morgan fingerprint density at radius 1 is 1.27 bits per heavy atom. The molecular formula is C14H10ClN3O4. The number of hydrogen-bond acceptors (Lipinski definition) is 5. The second-order valence-electron chi connectivity index (χ2n) is 4.21. The van der Waals surface area contributed by atoms with Crippen LogP contribution in [-0.2, 0) is 0 Å². The normalized spacial score (nSPS) is 10.6. The minimum atomic E-state index is -0.553. The van der Waals surface area contributed by atoms with E-state index in [-0.39, 0.29) is 16.5 Å². The summed E-state index contributed by atoms with van der Waals surface area (Å²) in [7, 11) is 0. The first-order valence-corrected chi connectivity index (χ1v) is 6.41. The molecule has 0 heterocycles. The molecule has 0 spiro atoms. The fraction of sp³-hybridized carbons (Fsp3) is 0. The maximum atomic E-state index is 11.8. The molecule has 0 aliphatic heterocycles. The van der Waals surface area contributed by atoms with Gasteiger partial charge < -0.3 is 5.11 Å². The molecule has 2 rings (SSSR count). The third kappa shape index (κ3) is 3.80. The van der Waals surface area contributed by atoms with Crippen LogP contribution in [0.2, 0.25) is 5.02 Å². The lowest BCUT2D eigenvalue weighted by Crippen LogP contribution is -2.17. The lowest BCUT2D eigenvalue weighted by molar-refractivity contribution is -0.384. The SMILES string of the molecule is O=C(N/N=C/c1cc([N+](=O)[O-])ccc1Cl)c1ccc(O)cc1. The number of nitrogens with zero attached hydrogens (tertiary/aromatic N) is 2. The van der Waals surface area contributed by atoms with Crippen LogP contribution in [0.3, 0.4) is 0 Å². The number of carbonyl (C=O) groups is 1. The van der Waals surface area contributed by atoms with Gasteiger partial charge in [-0.1, -0.05) is 11.6 Å². The molecule has 8 heteroatoms. The number of hydrazone groups is 1. The van der Waals surface area contributed by atoms with Crippen molar-refractivity contribution in [1.82, 2.24) is 5.43 Å². The van der Waals surface area contributed by atoms with Gasteiger partial charge in [0.25, 0.3) is 11.6 Å². The lowest BCUT2D eigenvalue weighted by Gasteiger charge is -2.01. The Morgan fingerprint density at radius 3 is 2.59 bits per heavy atom. The van der Waals surface area contributed by atoms with Gasteiger partial charge in [-0.15, -0.1) is 0 Å². The summed E-state index contributed by atoms with van der Waals surface area (Å²) in [6.45, 7) is 0. The average molecular weight is 320 g/mol. The molecule has 0 aliphatic carbocycles. The number of halogens is 1. The minimum absolute atomic E-state index is 0.0448. The summed E-state index contributed by atoms with van der Waals surface area (Å²) < 4.78 is 0. The van der Waals surface area contributed by atoms with Crippen LogP contribution in [0.15, 0.2) is 47.6 Å². The molecule has 0 unspecified atom stereocenters. The van der Waals surface area contributed by atoms with Crippen LogP contribution in [0.5, 0.6) is 5.75 Å². The van der Waals surface area contributed by atoms with E-state index in [0.717, 1.165) is 0 Å². The van der Waals surface area contributed by atoms with Crippen molar-refractivity contribution in [2.75, 3.05) is 0 Å². The number of carbonyl (C=O) groups excluding carboxylic acids is 1. The molecule has 22 heavy (non-hydrogen) atoms. The van der Waals surface area contributed by atoms with Crippen molar-refractivity contribution in [2.45, 2.75) is 0 Å². The molecule has 0 saturated heterocycles. The summed E-state index contributed by atoms with van der Waals surface area (Å²) in [6, 6.07) is 9.50. The quantitative estimate of drug-likeness (QED) is 0.513. The highest BCUT2D eigenvalue weighted by Gasteiger charge is 2.08. The molecule has 0 radical (unpaired) electrons. The Kier molecular flexibility index (Phi) is 4.70. The van der Waals surface area contributed by atoms with Gasteiger partial charge >= 0.3 is 0 Å². The van der Waals surface area contributed by atoms with Crippen molar-refractivity contribution in [1.29, 1.82) is 0 Å². The second kappa shape index (κ2) is 6.68. The Bertz CT molecular complexity index is 744. The molecule has 2 aromatic rings. The standard InChI is InChI=1S/C14H10ClN3O4/c15-13-6-3-11(18(21)22)7-10(13)8-16-17-14(20)9-1-4-12(19)5-2-9/h1-8,19H,(H,17,20)/b16-8+. The summed E-state index contributed by atoms with van der Waals surface area (Å²) in [6.07, 6.45) is 1.22. The third-order valence-electron chi connectivity index (χ3n) is 2.69. The number of nitro benzene ring substituents is 1. The number of rotatable bonds is 4. The van der Waals surface area contributed by atoms with E-state index in [2.05, 4.69) is 10.5 Å². The molecule has 112 valence electrons. The van der Waals surface area contributed by atoms with Crippen molar-refractivity contribution in [2.24, 2.45) is 5.10 Å². The van der Waals surface area contributed by atoms with Gasteiger partial charge in [-0.05, 0) is 30.3 Å². The number of nitro groups is 1. The summed E-state index contributed by atoms with van der Waals surface area (Å²) in [4.78, 5) is 21.9. The van der Waals surface area contributed by atoms with Crippen molar-refractivity contribution in [3.8, 4) is 5.75 Å². The zero-order valence-corrected chi connectivity index (χ0v) is 11.8. The van der Waals surface area contributed by atoms with Gasteiger partial charge in [0.05, 0.1) is 11.1 Å². The molecule has 0 bridgehead atoms. The number of phenolic OH excluding ortho intramolecular Hbond substituents is 1. The summed E-state index contributed by atoms with van der Waals surface area (Å²) in [5, 5.41) is 23.8. The summed E-state index contributed by atoms with van der Waals surface area (Å²) in [5.41, 5.74) is 2.75. The van der Waals surface area contributed by atoms with E-state index in [4.69, 9.17) is 16.7 Å². The Labute approximate surface area is 130 Å². The van der Waals surface area contributed by atoms with Crippen LogP contribution in [-0.4, -0.2) is 22.2 Å². The predicted octanol–water partition coefficient (Wildman–Crippen LogP) is 2.72. The molecular weight excluding hydrogens is 310 g/mol. The van der Waals surface area contributed by atoms with Gasteiger partial charge in [0.2, 0.25) is 0 Å². The molecule has 7 nitrogen and oxygen atoms in total. The Morgan fingerprint density at radius 2 is 1.95 bits per heavy atom. The Balaban J connectivity index is 2.09. The third-order valence-corrected chi connectivity index (χ3v) is 3.03. The number of nitrogens with one attached hydrogen (secondary N) is 1. The minimum Gasteiger partial charge on any atom is -0.508 e. The van der Waals surface area contributed by atoms with E-state index < -0.39 is 10.8 Å². The van der Waals surface area contributed by atoms with Crippen LogP contribution in [0.1, 0.15) is 15.9 Å². The van der Waals surface area contributed by atoms with Crippen LogP contribution in [0, 0.1) is 10.1 Å². The van der Waals surface area contributed by atoms with E-state index in [9.17, 15) is 14.9 Å².